The average molecular weight is 877 g/mol. The summed E-state index contributed by atoms with van der Waals surface area (Å²) in [5.74, 6) is -6.19. The Balaban J connectivity index is 2.13. The SMILES string of the molecule is CC[C@H](C)[C@H](NC(=O)N[C@@H]1CCCCNC(=O)[C@H](CCc2ccccc2)NC(=O)[C@H](CC(N)=O)N(C)C(=O)[C@H](CCc2ccccc2)N(CC)C(=O)[C@H]([C@@H](C)CC)NC1=O)C(=O)O. The lowest BCUT2D eigenvalue weighted by molar-refractivity contribution is -0.151. The first-order valence-corrected chi connectivity index (χ1v) is 22.1. The van der Waals surface area contributed by atoms with Crippen LogP contribution in [0, 0.1) is 11.8 Å². The van der Waals surface area contributed by atoms with Gasteiger partial charge in [0.1, 0.15) is 36.3 Å². The van der Waals surface area contributed by atoms with Gasteiger partial charge in [0.25, 0.3) is 0 Å². The molecule has 0 aromatic heterocycles. The zero-order valence-electron chi connectivity index (χ0n) is 37.6. The highest BCUT2D eigenvalue weighted by Crippen LogP contribution is 2.21. The van der Waals surface area contributed by atoms with Gasteiger partial charge in [0.15, 0.2) is 0 Å². The van der Waals surface area contributed by atoms with Crippen LogP contribution in [-0.2, 0) is 46.4 Å². The number of amides is 8. The number of carboxylic acids is 1. The summed E-state index contributed by atoms with van der Waals surface area (Å²) in [6.45, 7) is 8.94. The van der Waals surface area contributed by atoms with Crippen molar-refractivity contribution in [1.82, 2.24) is 36.4 Å². The number of rotatable bonds is 16. The maximum atomic E-state index is 14.9. The molecule has 0 radical (unpaired) electrons. The summed E-state index contributed by atoms with van der Waals surface area (Å²) < 4.78 is 0. The van der Waals surface area contributed by atoms with Crippen molar-refractivity contribution in [3.05, 3.63) is 71.8 Å². The van der Waals surface area contributed by atoms with Crippen LogP contribution in [0.2, 0.25) is 0 Å². The van der Waals surface area contributed by atoms with E-state index >= 15 is 0 Å². The standard InChI is InChI=1S/C46H68N8O9/c1-7-29(4)38-44(60)54(9-3)35(26-24-32-20-14-11-15-21-32)43(59)53(6)36(28-37(47)55)42(58)49-34(25-23-31-18-12-10-13-19-31)40(56)48-27-17-16-22-33(41(57)51-38)50-46(63)52-39(45(61)62)30(5)8-2/h10-15,18-21,29-30,33-36,38-39H,7-9,16-17,22-28H2,1-6H3,(H2,47,55)(H,48,56)(H,49,58)(H,51,57)(H,61,62)(H2,50,52,63)/t29-,30-,33+,34-,35-,36-,38-,39-/m0/s1. The lowest BCUT2D eigenvalue weighted by Crippen LogP contribution is -2.62. The van der Waals surface area contributed by atoms with Gasteiger partial charge in [0.2, 0.25) is 35.4 Å². The third-order valence-corrected chi connectivity index (χ3v) is 11.9. The molecule has 3 rings (SSSR count). The number of carbonyl (C=O) groups is 8. The Morgan fingerprint density at radius 2 is 1.40 bits per heavy atom. The van der Waals surface area contributed by atoms with Crippen molar-refractivity contribution in [3.8, 4) is 0 Å². The van der Waals surface area contributed by atoms with Gasteiger partial charge in [-0.05, 0) is 74.8 Å². The molecule has 0 spiro atoms. The van der Waals surface area contributed by atoms with Gasteiger partial charge < -0.3 is 47.2 Å². The number of carbonyl (C=O) groups excluding carboxylic acids is 7. The summed E-state index contributed by atoms with van der Waals surface area (Å²) in [6, 6.07) is 10.4. The van der Waals surface area contributed by atoms with Crippen molar-refractivity contribution in [2.75, 3.05) is 20.1 Å². The maximum Gasteiger partial charge on any atom is 0.326 e. The van der Waals surface area contributed by atoms with Crippen molar-refractivity contribution in [3.63, 3.8) is 0 Å². The number of hydrogen-bond donors (Lipinski definition) is 7. The lowest BCUT2D eigenvalue weighted by Gasteiger charge is -2.38. The van der Waals surface area contributed by atoms with E-state index in [0.29, 0.717) is 38.5 Å². The summed E-state index contributed by atoms with van der Waals surface area (Å²) in [5, 5.41) is 23.4. The molecule has 17 nitrogen and oxygen atoms in total. The number of hydrogen-bond acceptors (Lipinski definition) is 8. The normalized spacial score (nSPS) is 22.5. The molecule has 0 aliphatic carbocycles. The Morgan fingerprint density at radius 3 is 1.94 bits per heavy atom. The Kier molecular flexibility index (Phi) is 21.0. The van der Waals surface area contributed by atoms with E-state index in [-0.39, 0.29) is 32.4 Å². The number of primary amides is 1. The summed E-state index contributed by atoms with van der Waals surface area (Å²) in [7, 11) is 1.36. The molecule has 0 saturated carbocycles. The van der Waals surface area contributed by atoms with Gasteiger partial charge in [-0.15, -0.1) is 0 Å². The monoisotopic (exact) mass is 877 g/mol. The third kappa shape index (κ3) is 15.7. The van der Waals surface area contributed by atoms with Crippen LogP contribution in [0.25, 0.3) is 0 Å². The van der Waals surface area contributed by atoms with Gasteiger partial charge >= 0.3 is 12.0 Å². The highest BCUT2D eigenvalue weighted by molar-refractivity contribution is 5.98. The second kappa shape index (κ2) is 25.8. The molecule has 17 heteroatoms. The zero-order valence-corrected chi connectivity index (χ0v) is 37.6. The second-order valence-electron chi connectivity index (χ2n) is 16.4. The molecule has 0 bridgehead atoms. The summed E-state index contributed by atoms with van der Waals surface area (Å²) in [5.41, 5.74) is 7.45. The molecular weight excluding hydrogens is 809 g/mol. The molecule has 1 fully saturated rings. The second-order valence-corrected chi connectivity index (χ2v) is 16.4. The molecule has 1 heterocycles. The Bertz CT molecular complexity index is 1850. The van der Waals surface area contributed by atoms with E-state index < -0.39 is 102 Å². The van der Waals surface area contributed by atoms with E-state index in [0.717, 1.165) is 16.0 Å². The first-order valence-electron chi connectivity index (χ1n) is 22.1. The number of nitrogens with zero attached hydrogens (tertiary/aromatic N) is 2. The van der Waals surface area contributed by atoms with Crippen molar-refractivity contribution in [1.29, 1.82) is 0 Å². The highest BCUT2D eigenvalue weighted by Gasteiger charge is 2.41. The molecule has 63 heavy (non-hydrogen) atoms. The largest absolute Gasteiger partial charge is 0.480 e. The number of likely N-dealkylation sites (N-methyl/N-ethyl adjacent to an activating group) is 2. The number of urea groups is 1. The van der Waals surface area contributed by atoms with Crippen LogP contribution in [0.4, 0.5) is 4.79 Å². The maximum absolute atomic E-state index is 14.9. The highest BCUT2D eigenvalue weighted by atomic mass is 16.4. The van der Waals surface area contributed by atoms with Gasteiger partial charge in [-0.2, -0.15) is 0 Å². The number of nitrogens with two attached hydrogens (primary N) is 1. The zero-order chi connectivity index (χ0) is 46.6. The topological polar surface area (TPSA) is 249 Å². The van der Waals surface area contributed by atoms with Gasteiger partial charge in [-0.25, -0.2) is 9.59 Å². The molecule has 1 aliphatic rings. The van der Waals surface area contributed by atoms with Gasteiger partial charge in [-0.1, -0.05) is 101 Å². The minimum atomic E-state index is -1.44. The Hall–Kier alpha value is -6.00. The van der Waals surface area contributed by atoms with Crippen LogP contribution in [-0.4, -0.2) is 119 Å². The first-order chi connectivity index (χ1) is 30.0. The lowest BCUT2D eigenvalue weighted by atomic mass is 9.95. The van der Waals surface area contributed by atoms with Crippen LogP contribution in [0.5, 0.6) is 0 Å². The van der Waals surface area contributed by atoms with E-state index in [4.69, 9.17) is 5.73 Å². The average Bonchev–Trinajstić information content (AvgIpc) is 3.27. The fourth-order valence-corrected chi connectivity index (χ4v) is 7.58. The number of aryl methyl sites for hydroxylation is 2. The molecule has 0 unspecified atom stereocenters. The number of aliphatic carboxylic acids is 1. The first kappa shape index (κ1) is 51.4. The van der Waals surface area contributed by atoms with Crippen molar-refractivity contribution in [2.45, 2.75) is 135 Å². The van der Waals surface area contributed by atoms with E-state index in [2.05, 4.69) is 26.6 Å². The quantitative estimate of drug-likeness (QED) is 0.131. The fraction of sp³-hybridized carbons (Fsp3) is 0.565. The van der Waals surface area contributed by atoms with E-state index in [1.54, 1.807) is 27.7 Å². The Morgan fingerprint density at radius 1 is 0.794 bits per heavy atom. The number of benzene rings is 2. The summed E-state index contributed by atoms with van der Waals surface area (Å²) >= 11 is 0. The van der Waals surface area contributed by atoms with Gasteiger partial charge in [0.05, 0.1) is 6.42 Å². The van der Waals surface area contributed by atoms with Gasteiger partial charge in [0, 0.05) is 20.1 Å². The van der Waals surface area contributed by atoms with Crippen LogP contribution in [0.3, 0.4) is 0 Å². The molecule has 8 atom stereocenters. The minimum Gasteiger partial charge on any atom is -0.480 e. The van der Waals surface area contributed by atoms with Crippen LogP contribution >= 0.6 is 0 Å². The Labute approximate surface area is 371 Å². The third-order valence-electron chi connectivity index (χ3n) is 11.9. The minimum absolute atomic E-state index is 0.0192. The summed E-state index contributed by atoms with van der Waals surface area (Å²) in [6.07, 6.45) is 2.07. The van der Waals surface area contributed by atoms with Crippen LogP contribution < -0.4 is 32.3 Å². The predicted octanol–water partition coefficient (Wildman–Crippen LogP) is 2.65. The molecule has 2 aromatic carbocycles. The van der Waals surface area contributed by atoms with Gasteiger partial charge in [-0.3, -0.25) is 28.8 Å². The number of nitrogens with one attached hydrogen (secondary N) is 5. The van der Waals surface area contributed by atoms with E-state index in [9.17, 15) is 43.5 Å². The number of carboxylic acid groups (broad SMARTS) is 1. The molecule has 1 aliphatic heterocycles. The van der Waals surface area contributed by atoms with Crippen LogP contribution in [0.15, 0.2) is 60.7 Å². The van der Waals surface area contributed by atoms with Crippen molar-refractivity contribution in [2.24, 2.45) is 17.6 Å². The fourth-order valence-electron chi connectivity index (χ4n) is 7.58. The van der Waals surface area contributed by atoms with E-state index in [1.807, 2.05) is 67.6 Å². The van der Waals surface area contributed by atoms with Crippen LogP contribution in [0.1, 0.15) is 97.1 Å². The predicted molar refractivity (Wildman–Crippen MR) is 238 cm³/mol. The molecule has 346 valence electrons. The van der Waals surface area contributed by atoms with Crippen molar-refractivity contribution < 1.29 is 43.5 Å². The van der Waals surface area contributed by atoms with Crippen molar-refractivity contribution >= 4 is 47.4 Å². The molecular formula is C46H68N8O9. The molecule has 8 N–H and O–H groups in total. The molecule has 1 saturated heterocycles. The smallest absolute Gasteiger partial charge is 0.326 e. The molecule has 8 amide bonds. The van der Waals surface area contributed by atoms with E-state index in [1.165, 1.54) is 11.9 Å². The summed E-state index contributed by atoms with van der Waals surface area (Å²) in [4.78, 5) is 112. The molecule has 2 aromatic rings.